The average Bonchev–Trinajstić information content (AvgIpc) is 2.72. The van der Waals surface area contributed by atoms with Crippen molar-refractivity contribution in [3.8, 4) is 5.75 Å². The molecule has 0 saturated heterocycles. The Hall–Kier alpha value is -3.46. The third kappa shape index (κ3) is 3.62. The second kappa shape index (κ2) is 7.62. The molecule has 0 N–H and O–H groups in total. The Kier molecular flexibility index (Phi) is 4.70. The van der Waals surface area contributed by atoms with E-state index in [1.165, 1.54) is 0 Å². The molecule has 0 amide bonds. The van der Waals surface area contributed by atoms with Gasteiger partial charge in [-0.25, -0.2) is 0 Å². The molecule has 0 spiro atoms. The van der Waals surface area contributed by atoms with Crippen LogP contribution in [0.3, 0.4) is 0 Å². The Bertz CT molecular complexity index is 1030. The molecule has 0 bridgehead atoms. The first kappa shape index (κ1) is 16.0. The zero-order valence-corrected chi connectivity index (χ0v) is 14.2. The highest BCUT2D eigenvalue weighted by Crippen LogP contribution is 2.26. The quantitative estimate of drug-likeness (QED) is 0.446. The molecule has 0 fully saturated rings. The standard InChI is InChI=1S/C23H18N2O/c1-3-8-18(9-4-1)17-26-22-14-15-24-23-19(10-7-13-21(22)23)16-25-20-11-5-2-6-12-20/h1-16H,17H2. The van der Waals surface area contributed by atoms with Crippen LogP contribution in [0.15, 0.2) is 96.1 Å². The lowest BCUT2D eigenvalue weighted by Crippen LogP contribution is -1.97. The molecule has 0 atom stereocenters. The van der Waals surface area contributed by atoms with Crippen LogP contribution in [0, 0.1) is 0 Å². The number of ether oxygens (including phenoxy) is 1. The predicted octanol–water partition coefficient (Wildman–Crippen LogP) is 5.56. The van der Waals surface area contributed by atoms with E-state index in [1.54, 1.807) is 6.20 Å². The number of hydrogen-bond acceptors (Lipinski definition) is 3. The first-order chi connectivity index (χ1) is 12.9. The van der Waals surface area contributed by atoms with Gasteiger partial charge in [-0.3, -0.25) is 9.98 Å². The Morgan fingerprint density at radius 1 is 0.808 bits per heavy atom. The minimum Gasteiger partial charge on any atom is -0.488 e. The lowest BCUT2D eigenvalue weighted by molar-refractivity contribution is 0.310. The van der Waals surface area contributed by atoms with Crippen molar-refractivity contribution in [3.05, 3.63) is 102 Å². The normalized spacial score (nSPS) is 11.1. The van der Waals surface area contributed by atoms with Gasteiger partial charge in [0.05, 0.1) is 11.2 Å². The van der Waals surface area contributed by atoms with Crippen LogP contribution in [-0.2, 0) is 6.61 Å². The molecule has 1 heterocycles. The van der Waals surface area contributed by atoms with Crippen molar-refractivity contribution in [2.24, 2.45) is 4.99 Å². The molecule has 3 nitrogen and oxygen atoms in total. The number of nitrogens with zero attached hydrogens (tertiary/aromatic N) is 2. The van der Waals surface area contributed by atoms with Gasteiger partial charge in [-0.05, 0) is 29.8 Å². The van der Waals surface area contributed by atoms with Crippen LogP contribution in [0.2, 0.25) is 0 Å². The highest BCUT2D eigenvalue weighted by molar-refractivity contribution is 6.00. The van der Waals surface area contributed by atoms with E-state index in [1.807, 2.05) is 79.0 Å². The third-order valence-corrected chi connectivity index (χ3v) is 4.11. The first-order valence-electron chi connectivity index (χ1n) is 8.54. The van der Waals surface area contributed by atoms with E-state index in [4.69, 9.17) is 4.74 Å². The van der Waals surface area contributed by atoms with Crippen molar-refractivity contribution in [3.63, 3.8) is 0 Å². The highest BCUT2D eigenvalue weighted by atomic mass is 16.5. The highest BCUT2D eigenvalue weighted by Gasteiger charge is 2.06. The van der Waals surface area contributed by atoms with Crippen LogP contribution < -0.4 is 4.74 Å². The van der Waals surface area contributed by atoms with E-state index in [-0.39, 0.29) is 0 Å². The van der Waals surface area contributed by atoms with Gasteiger partial charge in [0.25, 0.3) is 0 Å². The number of aliphatic imine (C=N–C) groups is 1. The van der Waals surface area contributed by atoms with Crippen molar-refractivity contribution >= 4 is 22.8 Å². The summed E-state index contributed by atoms with van der Waals surface area (Å²) in [6.07, 6.45) is 3.63. The van der Waals surface area contributed by atoms with Gasteiger partial charge < -0.3 is 4.74 Å². The van der Waals surface area contributed by atoms with E-state index in [0.717, 1.165) is 33.5 Å². The molecular formula is C23H18N2O. The van der Waals surface area contributed by atoms with Crippen molar-refractivity contribution < 1.29 is 4.74 Å². The number of rotatable bonds is 5. The maximum Gasteiger partial charge on any atom is 0.130 e. The molecule has 26 heavy (non-hydrogen) atoms. The van der Waals surface area contributed by atoms with E-state index in [9.17, 15) is 0 Å². The van der Waals surface area contributed by atoms with Gasteiger partial charge in [0.2, 0.25) is 0 Å². The molecule has 0 saturated carbocycles. The van der Waals surface area contributed by atoms with Crippen LogP contribution in [-0.4, -0.2) is 11.2 Å². The summed E-state index contributed by atoms with van der Waals surface area (Å²) >= 11 is 0. The molecule has 0 radical (unpaired) electrons. The second-order valence-electron chi connectivity index (χ2n) is 5.92. The summed E-state index contributed by atoms with van der Waals surface area (Å²) < 4.78 is 6.04. The van der Waals surface area contributed by atoms with Crippen LogP contribution in [0.1, 0.15) is 11.1 Å². The predicted molar refractivity (Wildman–Crippen MR) is 106 cm³/mol. The van der Waals surface area contributed by atoms with Gasteiger partial charge >= 0.3 is 0 Å². The van der Waals surface area contributed by atoms with Gasteiger partial charge in [0.15, 0.2) is 0 Å². The average molecular weight is 338 g/mol. The fraction of sp³-hybridized carbons (Fsp3) is 0.0435. The molecule has 3 heteroatoms. The second-order valence-corrected chi connectivity index (χ2v) is 5.92. The molecule has 0 unspecified atom stereocenters. The monoisotopic (exact) mass is 338 g/mol. The molecule has 1 aromatic heterocycles. The minimum absolute atomic E-state index is 0.530. The molecular weight excluding hydrogens is 320 g/mol. The minimum atomic E-state index is 0.530. The fourth-order valence-electron chi connectivity index (χ4n) is 2.80. The summed E-state index contributed by atoms with van der Waals surface area (Å²) in [6.45, 7) is 0.530. The van der Waals surface area contributed by atoms with E-state index < -0.39 is 0 Å². The van der Waals surface area contributed by atoms with Crippen molar-refractivity contribution in [2.75, 3.05) is 0 Å². The van der Waals surface area contributed by atoms with E-state index >= 15 is 0 Å². The SMILES string of the molecule is C(=Nc1ccccc1)c1cccc2c(OCc3ccccc3)ccnc12. The molecule has 0 aliphatic rings. The van der Waals surface area contributed by atoms with Crippen LogP contribution in [0.25, 0.3) is 10.9 Å². The Balaban J connectivity index is 1.63. The fourth-order valence-corrected chi connectivity index (χ4v) is 2.80. The maximum absolute atomic E-state index is 6.04. The number of hydrogen-bond donors (Lipinski definition) is 0. The zero-order valence-electron chi connectivity index (χ0n) is 14.2. The molecule has 0 aliphatic heterocycles. The molecule has 4 aromatic rings. The van der Waals surface area contributed by atoms with Crippen molar-refractivity contribution in [2.45, 2.75) is 6.61 Å². The number of para-hydroxylation sites is 2. The van der Waals surface area contributed by atoms with Gasteiger partial charge in [-0.2, -0.15) is 0 Å². The maximum atomic E-state index is 6.04. The zero-order chi connectivity index (χ0) is 17.6. The number of fused-ring (bicyclic) bond motifs is 1. The molecule has 4 rings (SSSR count). The number of pyridine rings is 1. The molecule has 3 aromatic carbocycles. The third-order valence-electron chi connectivity index (χ3n) is 4.11. The molecule has 126 valence electrons. The Morgan fingerprint density at radius 2 is 1.58 bits per heavy atom. The summed E-state index contributed by atoms with van der Waals surface area (Å²) in [5.41, 5.74) is 3.91. The first-order valence-corrected chi connectivity index (χ1v) is 8.54. The van der Waals surface area contributed by atoms with Crippen LogP contribution in [0.4, 0.5) is 5.69 Å². The Labute approximate surface area is 152 Å². The van der Waals surface area contributed by atoms with E-state index in [2.05, 4.69) is 22.1 Å². The summed E-state index contributed by atoms with van der Waals surface area (Å²) in [6, 6.07) is 28.0. The van der Waals surface area contributed by atoms with Crippen molar-refractivity contribution in [1.82, 2.24) is 4.98 Å². The number of benzene rings is 3. The lowest BCUT2D eigenvalue weighted by Gasteiger charge is -2.10. The van der Waals surface area contributed by atoms with Gasteiger partial charge in [-0.15, -0.1) is 0 Å². The smallest absolute Gasteiger partial charge is 0.130 e. The molecule has 0 aliphatic carbocycles. The number of aromatic nitrogens is 1. The Morgan fingerprint density at radius 3 is 2.38 bits per heavy atom. The van der Waals surface area contributed by atoms with Gasteiger partial charge in [-0.1, -0.05) is 60.7 Å². The van der Waals surface area contributed by atoms with Crippen molar-refractivity contribution in [1.29, 1.82) is 0 Å². The lowest BCUT2D eigenvalue weighted by atomic mass is 10.1. The summed E-state index contributed by atoms with van der Waals surface area (Å²) in [4.78, 5) is 9.08. The summed E-state index contributed by atoms with van der Waals surface area (Å²) in [5, 5.41) is 0.987. The van der Waals surface area contributed by atoms with E-state index in [0.29, 0.717) is 6.61 Å². The van der Waals surface area contributed by atoms with Crippen LogP contribution >= 0.6 is 0 Å². The van der Waals surface area contributed by atoms with Crippen LogP contribution in [0.5, 0.6) is 5.75 Å². The summed E-state index contributed by atoms with van der Waals surface area (Å²) in [5.74, 6) is 0.828. The topological polar surface area (TPSA) is 34.5 Å². The summed E-state index contributed by atoms with van der Waals surface area (Å²) in [7, 11) is 0. The van der Waals surface area contributed by atoms with Gasteiger partial charge in [0.1, 0.15) is 12.4 Å². The van der Waals surface area contributed by atoms with Gasteiger partial charge in [0, 0.05) is 23.4 Å². The largest absolute Gasteiger partial charge is 0.488 e.